The standard InChI is InChI=1S/C24H21ClN4O3/c1-3-32-24-17(5-4-6-21(24)31-2)8-12-23(30)29-19-10-9-18(25)13-20(19)28-22-11-7-16(14-26)15-27-22/h4-13,15H,3H2,1-2H3,(H,27,28)(H,29,30)/b12-8+. The number of hydrogen-bond acceptors (Lipinski definition) is 6. The number of aromatic nitrogens is 1. The molecule has 32 heavy (non-hydrogen) atoms. The van der Waals surface area contributed by atoms with Gasteiger partial charge in [0.15, 0.2) is 11.5 Å². The van der Waals surface area contributed by atoms with E-state index in [0.29, 0.717) is 45.9 Å². The lowest BCUT2D eigenvalue weighted by atomic mass is 10.1. The van der Waals surface area contributed by atoms with E-state index in [9.17, 15) is 4.79 Å². The number of halogens is 1. The van der Waals surface area contributed by atoms with E-state index in [-0.39, 0.29) is 5.91 Å². The second kappa shape index (κ2) is 10.8. The minimum Gasteiger partial charge on any atom is -0.493 e. The van der Waals surface area contributed by atoms with E-state index in [1.165, 1.54) is 12.3 Å². The van der Waals surface area contributed by atoms with Gasteiger partial charge in [-0.15, -0.1) is 0 Å². The van der Waals surface area contributed by atoms with Crippen molar-refractivity contribution < 1.29 is 14.3 Å². The van der Waals surface area contributed by atoms with Crippen LogP contribution in [0.1, 0.15) is 18.1 Å². The first-order valence-electron chi connectivity index (χ1n) is 9.75. The number of anilines is 3. The van der Waals surface area contributed by atoms with Gasteiger partial charge in [-0.3, -0.25) is 4.79 Å². The number of amides is 1. The van der Waals surface area contributed by atoms with Crippen molar-refractivity contribution in [2.24, 2.45) is 0 Å². The summed E-state index contributed by atoms with van der Waals surface area (Å²) in [6.45, 7) is 2.35. The van der Waals surface area contributed by atoms with Gasteiger partial charge in [-0.05, 0) is 49.4 Å². The lowest BCUT2D eigenvalue weighted by Crippen LogP contribution is -2.10. The van der Waals surface area contributed by atoms with E-state index in [1.54, 1.807) is 49.6 Å². The summed E-state index contributed by atoms with van der Waals surface area (Å²) in [5, 5.41) is 15.3. The number of nitrogens with zero attached hydrogens (tertiary/aromatic N) is 2. The first-order chi connectivity index (χ1) is 15.5. The van der Waals surface area contributed by atoms with Gasteiger partial charge in [-0.1, -0.05) is 23.7 Å². The van der Waals surface area contributed by atoms with Gasteiger partial charge in [0.25, 0.3) is 0 Å². The highest BCUT2D eigenvalue weighted by atomic mass is 35.5. The Morgan fingerprint density at radius 1 is 1.22 bits per heavy atom. The molecule has 0 aliphatic carbocycles. The number of carbonyl (C=O) groups excluding carboxylic acids is 1. The predicted molar refractivity (Wildman–Crippen MR) is 126 cm³/mol. The topological polar surface area (TPSA) is 96.3 Å². The van der Waals surface area contributed by atoms with Crippen molar-refractivity contribution in [3.05, 3.63) is 77.0 Å². The number of benzene rings is 2. The van der Waals surface area contributed by atoms with Crippen molar-refractivity contribution in [3.63, 3.8) is 0 Å². The zero-order valence-corrected chi connectivity index (χ0v) is 18.3. The Kier molecular flexibility index (Phi) is 7.68. The predicted octanol–water partition coefficient (Wildman–Crippen LogP) is 5.41. The molecule has 0 saturated heterocycles. The minimum absolute atomic E-state index is 0.339. The molecule has 2 N–H and O–H groups in total. The highest BCUT2D eigenvalue weighted by molar-refractivity contribution is 6.31. The zero-order valence-electron chi connectivity index (χ0n) is 17.6. The molecule has 0 aliphatic rings. The number of carbonyl (C=O) groups is 1. The molecule has 1 amide bonds. The van der Waals surface area contributed by atoms with E-state index in [4.69, 9.17) is 26.3 Å². The van der Waals surface area contributed by atoms with Gasteiger partial charge in [0.05, 0.1) is 30.7 Å². The van der Waals surface area contributed by atoms with Gasteiger partial charge in [-0.2, -0.15) is 5.26 Å². The normalized spacial score (nSPS) is 10.4. The van der Waals surface area contributed by atoms with E-state index >= 15 is 0 Å². The quantitative estimate of drug-likeness (QED) is 0.447. The molecule has 2 aromatic carbocycles. The van der Waals surface area contributed by atoms with Gasteiger partial charge in [0.2, 0.25) is 5.91 Å². The second-order valence-corrected chi connectivity index (χ2v) is 6.93. The summed E-state index contributed by atoms with van der Waals surface area (Å²) in [5.74, 6) is 1.33. The maximum Gasteiger partial charge on any atom is 0.248 e. The van der Waals surface area contributed by atoms with Crippen molar-refractivity contribution in [2.45, 2.75) is 6.92 Å². The van der Waals surface area contributed by atoms with Crippen LogP contribution in [0, 0.1) is 11.3 Å². The summed E-state index contributed by atoms with van der Waals surface area (Å²) >= 11 is 6.13. The van der Waals surface area contributed by atoms with Crippen LogP contribution in [0.15, 0.2) is 60.8 Å². The molecule has 8 heteroatoms. The van der Waals surface area contributed by atoms with Crippen molar-refractivity contribution in [1.29, 1.82) is 5.26 Å². The number of nitrogens with one attached hydrogen (secondary N) is 2. The number of nitriles is 1. The minimum atomic E-state index is -0.339. The largest absolute Gasteiger partial charge is 0.493 e. The Labute approximate surface area is 191 Å². The summed E-state index contributed by atoms with van der Waals surface area (Å²) in [5.41, 5.74) is 2.25. The third-order valence-electron chi connectivity index (χ3n) is 4.33. The summed E-state index contributed by atoms with van der Waals surface area (Å²) in [6.07, 6.45) is 4.53. The molecule has 1 aromatic heterocycles. The van der Waals surface area contributed by atoms with E-state index < -0.39 is 0 Å². The van der Waals surface area contributed by atoms with Crippen LogP contribution in [-0.4, -0.2) is 24.6 Å². The molecular weight excluding hydrogens is 428 g/mol. The van der Waals surface area contributed by atoms with Gasteiger partial charge in [0.1, 0.15) is 11.9 Å². The highest BCUT2D eigenvalue weighted by Crippen LogP contribution is 2.32. The number of pyridine rings is 1. The fourth-order valence-electron chi connectivity index (χ4n) is 2.86. The van der Waals surface area contributed by atoms with Gasteiger partial charge >= 0.3 is 0 Å². The smallest absolute Gasteiger partial charge is 0.248 e. The molecule has 162 valence electrons. The lowest BCUT2D eigenvalue weighted by Gasteiger charge is -2.13. The van der Waals surface area contributed by atoms with Crippen LogP contribution in [-0.2, 0) is 4.79 Å². The number of rotatable bonds is 8. The molecule has 3 aromatic rings. The number of hydrogen-bond donors (Lipinski definition) is 2. The van der Waals surface area contributed by atoms with E-state index in [0.717, 1.165) is 5.56 Å². The molecule has 0 spiro atoms. The highest BCUT2D eigenvalue weighted by Gasteiger charge is 2.10. The van der Waals surface area contributed by atoms with Crippen molar-refractivity contribution >= 4 is 40.8 Å². The van der Waals surface area contributed by atoms with E-state index in [2.05, 4.69) is 15.6 Å². The molecule has 0 unspecified atom stereocenters. The lowest BCUT2D eigenvalue weighted by molar-refractivity contribution is -0.111. The third kappa shape index (κ3) is 5.78. The first kappa shape index (κ1) is 22.7. The van der Waals surface area contributed by atoms with Gasteiger partial charge < -0.3 is 20.1 Å². The van der Waals surface area contributed by atoms with Crippen LogP contribution >= 0.6 is 11.6 Å². The zero-order chi connectivity index (χ0) is 22.9. The Balaban J connectivity index is 1.79. The number of ether oxygens (including phenoxy) is 2. The fraction of sp³-hybridized carbons (Fsp3) is 0.125. The van der Waals surface area contributed by atoms with Gasteiger partial charge in [0, 0.05) is 22.9 Å². The molecule has 0 fully saturated rings. The van der Waals surface area contributed by atoms with Gasteiger partial charge in [-0.25, -0.2) is 4.98 Å². The maximum atomic E-state index is 12.6. The van der Waals surface area contributed by atoms with Crippen molar-refractivity contribution in [1.82, 2.24) is 4.98 Å². The molecule has 0 saturated carbocycles. The summed E-state index contributed by atoms with van der Waals surface area (Å²) in [4.78, 5) is 16.8. The van der Waals surface area contributed by atoms with Crippen molar-refractivity contribution in [2.75, 3.05) is 24.4 Å². The summed E-state index contributed by atoms with van der Waals surface area (Å²) in [7, 11) is 1.57. The summed E-state index contributed by atoms with van der Waals surface area (Å²) in [6, 6.07) is 15.8. The Bertz CT molecular complexity index is 1170. The van der Waals surface area contributed by atoms with Crippen LogP contribution in [0.2, 0.25) is 5.02 Å². The molecular formula is C24H21ClN4O3. The summed E-state index contributed by atoms with van der Waals surface area (Å²) < 4.78 is 11.0. The molecule has 0 aliphatic heterocycles. The Morgan fingerprint density at radius 3 is 2.75 bits per heavy atom. The van der Waals surface area contributed by atoms with Crippen LogP contribution in [0.3, 0.4) is 0 Å². The van der Waals surface area contributed by atoms with E-state index in [1.807, 2.05) is 25.1 Å². The first-order valence-corrected chi connectivity index (χ1v) is 10.1. The molecule has 0 atom stereocenters. The molecule has 7 nitrogen and oxygen atoms in total. The Hall–Kier alpha value is -4.02. The average molecular weight is 449 g/mol. The van der Waals surface area contributed by atoms with Crippen LogP contribution in [0.4, 0.5) is 17.2 Å². The molecule has 3 rings (SSSR count). The van der Waals surface area contributed by atoms with Crippen LogP contribution in [0.25, 0.3) is 6.08 Å². The second-order valence-electron chi connectivity index (χ2n) is 6.49. The number of methoxy groups -OCH3 is 1. The Morgan fingerprint density at radius 2 is 2.06 bits per heavy atom. The molecule has 0 bridgehead atoms. The number of para-hydroxylation sites is 1. The fourth-order valence-corrected chi connectivity index (χ4v) is 3.04. The monoisotopic (exact) mass is 448 g/mol. The maximum absolute atomic E-state index is 12.6. The molecule has 0 radical (unpaired) electrons. The SMILES string of the molecule is CCOc1c(/C=C/C(=O)Nc2ccc(Cl)cc2Nc2ccc(C#N)cn2)cccc1OC. The van der Waals surface area contributed by atoms with Crippen LogP contribution in [0.5, 0.6) is 11.5 Å². The third-order valence-corrected chi connectivity index (χ3v) is 4.56. The van der Waals surface area contributed by atoms with Crippen molar-refractivity contribution in [3.8, 4) is 17.6 Å². The van der Waals surface area contributed by atoms with Crippen LogP contribution < -0.4 is 20.1 Å². The molecule has 1 heterocycles. The average Bonchev–Trinajstić information content (AvgIpc) is 2.80.